The molecule has 0 bridgehead atoms. The molecule has 1 fully saturated rings. The molecule has 0 aliphatic carbocycles. The second-order valence-corrected chi connectivity index (χ2v) is 5.65. The second kappa shape index (κ2) is 4.59. The Hall–Kier alpha value is -1.01. The molecule has 2 aromatic rings. The molecule has 0 spiro atoms. The minimum absolute atomic E-state index is 0.169. The third kappa shape index (κ3) is 1.93. The maximum Gasteiger partial charge on any atom is 0.227 e. The Morgan fingerprint density at radius 3 is 3.11 bits per heavy atom. The highest BCUT2D eigenvalue weighted by Crippen LogP contribution is 2.29. The van der Waals surface area contributed by atoms with Crippen LogP contribution in [0.1, 0.15) is 6.42 Å². The summed E-state index contributed by atoms with van der Waals surface area (Å²) in [4.78, 5) is 13.8. The molecule has 4 nitrogen and oxygen atoms in total. The molecular weight excluding hydrogens is 314 g/mol. The number of nitrogens with zero attached hydrogens (tertiary/aromatic N) is 2. The SMILES string of the molecule is O=C1CC(CS)CN1c1ccc2c(Br)[nH]nc2c1. The summed E-state index contributed by atoms with van der Waals surface area (Å²) in [5.41, 5.74) is 1.78. The maximum absolute atomic E-state index is 11.9. The minimum Gasteiger partial charge on any atom is -0.312 e. The predicted octanol–water partition coefficient (Wildman–Crippen LogP) is 2.61. The number of hydrogen-bond donors (Lipinski definition) is 2. The number of aromatic nitrogens is 2. The van der Waals surface area contributed by atoms with E-state index in [4.69, 9.17) is 0 Å². The summed E-state index contributed by atoms with van der Waals surface area (Å²) in [6, 6.07) is 5.87. The lowest BCUT2D eigenvalue weighted by Gasteiger charge is -2.16. The van der Waals surface area contributed by atoms with Gasteiger partial charge in [-0.25, -0.2) is 0 Å². The standard InChI is InChI=1S/C12H12BrN3OS/c13-12-9-2-1-8(4-10(9)14-15-12)16-5-7(6-18)3-11(16)17/h1-2,4,7,18H,3,5-6H2,(H,14,15). The Morgan fingerprint density at radius 2 is 2.39 bits per heavy atom. The molecule has 1 amide bonds. The van der Waals surface area contributed by atoms with Gasteiger partial charge in [0.25, 0.3) is 0 Å². The van der Waals surface area contributed by atoms with Gasteiger partial charge in [0.05, 0.1) is 5.52 Å². The van der Waals surface area contributed by atoms with E-state index in [0.29, 0.717) is 12.3 Å². The third-order valence-corrected chi connectivity index (χ3v) is 4.39. The zero-order valence-electron chi connectivity index (χ0n) is 9.56. The Morgan fingerprint density at radius 1 is 1.56 bits per heavy atom. The Labute approximate surface area is 118 Å². The zero-order chi connectivity index (χ0) is 12.7. The van der Waals surface area contributed by atoms with Gasteiger partial charge in [0.15, 0.2) is 0 Å². The lowest BCUT2D eigenvalue weighted by Crippen LogP contribution is -2.24. The molecule has 3 rings (SSSR count). The van der Waals surface area contributed by atoms with Crippen LogP contribution in [0, 0.1) is 5.92 Å². The van der Waals surface area contributed by atoms with Crippen LogP contribution in [0.2, 0.25) is 0 Å². The number of fused-ring (bicyclic) bond motifs is 1. The molecule has 6 heteroatoms. The van der Waals surface area contributed by atoms with Crippen LogP contribution in [-0.2, 0) is 4.79 Å². The summed E-state index contributed by atoms with van der Waals surface area (Å²) in [6.45, 7) is 0.749. The average Bonchev–Trinajstić information content (AvgIpc) is 2.93. The monoisotopic (exact) mass is 325 g/mol. The van der Waals surface area contributed by atoms with E-state index in [1.54, 1.807) is 0 Å². The van der Waals surface area contributed by atoms with Crippen LogP contribution < -0.4 is 4.90 Å². The molecular formula is C12H12BrN3OS. The average molecular weight is 326 g/mol. The molecule has 1 unspecified atom stereocenters. The highest BCUT2D eigenvalue weighted by atomic mass is 79.9. The fraction of sp³-hybridized carbons (Fsp3) is 0.333. The topological polar surface area (TPSA) is 49.0 Å². The van der Waals surface area contributed by atoms with Crippen molar-refractivity contribution in [1.82, 2.24) is 10.2 Å². The van der Waals surface area contributed by atoms with E-state index < -0.39 is 0 Å². The van der Waals surface area contributed by atoms with E-state index in [1.807, 2.05) is 23.1 Å². The molecule has 1 aromatic carbocycles. The van der Waals surface area contributed by atoms with Gasteiger partial charge in [-0.3, -0.25) is 9.89 Å². The lowest BCUT2D eigenvalue weighted by atomic mass is 10.1. The fourth-order valence-electron chi connectivity index (χ4n) is 2.29. The number of anilines is 1. The van der Waals surface area contributed by atoms with Gasteiger partial charge in [-0.05, 0) is 45.8 Å². The molecule has 1 aromatic heterocycles. The smallest absolute Gasteiger partial charge is 0.227 e. The van der Waals surface area contributed by atoms with E-state index in [2.05, 4.69) is 38.8 Å². The maximum atomic E-state index is 11.9. The molecule has 0 radical (unpaired) electrons. The molecule has 94 valence electrons. The second-order valence-electron chi connectivity index (χ2n) is 4.50. The molecule has 1 aliphatic heterocycles. The number of nitrogens with one attached hydrogen (secondary N) is 1. The van der Waals surface area contributed by atoms with Crippen molar-refractivity contribution in [1.29, 1.82) is 0 Å². The van der Waals surface area contributed by atoms with Crippen molar-refractivity contribution in [3.8, 4) is 0 Å². The summed E-state index contributed by atoms with van der Waals surface area (Å²) in [7, 11) is 0. The van der Waals surface area contributed by atoms with Crippen molar-refractivity contribution in [3.05, 3.63) is 22.8 Å². The van der Waals surface area contributed by atoms with Crippen LogP contribution in [0.15, 0.2) is 22.8 Å². The van der Waals surface area contributed by atoms with Crippen molar-refractivity contribution in [2.24, 2.45) is 5.92 Å². The quantitative estimate of drug-likeness (QED) is 0.834. The van der Waals surface area contributed by atoms with Crippen LogP contribution in [0.5, 0.6) is 0 Å². The number of carbonyl (C=O) groups excluding carboxylic acids is 1. The van der Waals surface area contributed by atoms with Gasteiger partial charge in [-0.2, -0.15) is 17.7 Å². The number of thiol groups is 1. The Balaban J connectivity index is 1.97. The molecule has 0 saturated carbocycles. The molecule has 1 aliphatic rings. The van der Waals surface area contributed by atoms with Crippen LogP contribution in [0.25, 0.3) is 10.9 Å². The van der Waals surface area contributed by atoms with Crippen LogP contribution in [-0.4, -0.2) is 28.4 Å². The fourth-order valence-corrected chi connectivity index (χ4v) is 2.96. The van der Waals surface area contributed by atoms with Gasteiger partial charge in [0.1, 0.15) is 4.60 Å². The van der Waals surface area contributed by atoms with Gasteiger partial charge < -0.3 is 4.90 Å². The number of halogens is 1. The molecule has 1 saturated heterocycles. The highest BCUT2D eigenvalue weighted by Gasteiger charge is 2.29. The predicted molar refractivity (Wildman–Crippen MR) is 78.1 cm³/mol. The van der Waals surface area contributed by atoms with Crippen LogP contribution in [0.3, 0.4) is 0 Å². The van der Waals surface area contributed by atoms with Gasteiger partial charge in [-0.1, -0.05) is 0 Å². The van der Waals surface area contributed by atoms with Gasteiger partial charge in [0.2, 0.25) is 5.91 Å². The first kappa shape index (κ1) is 12.0. The van der Waals surface area contributed by atoms with Crippen LogP contribution >= 0.6 is 28.6 Å². The number of carbonyl (C=O) groups is 1. The Kier molecular flexibility index (Phi) is 3.07. The minimum atomic E-state index is 0.169. The van der Waals surface area contributed by atoms with Gasteiger partial charge >= 0.3 is 0 Å². The number of H-pyrrole nitrogens is 1. The van der Waals surface area contributed by atoms with E-state index in [0.717, 1.165) is 33.5 Å². The third-order valence-electron chi connectivity index (χ3n) is 3.27. The molecule has 1 N–H and O–H groups in total. The summed E-state index contributed by atoms with van der Waals surface area (Å²) in [5, 5.41) is 8.09. The first-order valence-corrected chi connectivity index (χ1v) is 7.16. The molecule has 2 heterocycles. The number of aromatic amines is 1. The van der Waals surface area contributed by atoms with Gasteiger partial charge in [-0.15, -0.1) is 0 Å². The van der Waals surface area contributed by atoms with E-state index in [-0.39, 0.29) is 5.91 Å². The summed E-state index contributed by atoms with van der Waals surface area (Å²) in [5.74, 6) is 1.27. The number of amides is 1. The largest absolute Gasteiger partial charge is 0.312 e. The Bertz CT molecular complexity index is 612. The van der Waals surface area contributed by atoms with E-state index in [9.17, 15) is 4.79 Å². The van der Waals surface area contributed by atoms with E-state index in [1.165, 1.54) is 0 Å². The van der Waals surface area contributed by atoms with Crippen molar-refractivity contribution in [3.63, 3.8) is 0 Å². The highest BCUT2D eigenvalue weighted by molar-refractivity contribution is 9.10. The summed E-state index contributed by atoms with van der Waals surface area (Å²) < 4.78 is 0.866. The number of benzene rings is 1. The number of hydrogen-bond acceptors (Lipinski definition) is 3. The zero-order valence-corrected chi connectivity index (χ0v) is 12.0. The van der Waals surface area contributed by atoms with Crippen molar-refractivity contribution >= 4 is 51.1 Å². The van der Waals surface area contributed by atoms with Crippen molar-refractivity contribution in [2.45, 2.75) is 6.42 Å². The first-order valence-electron chi connectivity index (χ1n) is 5.74. The lowest BCUT2D eigenvalue weighted by molar-refractivity contribution is -0.117. The number of rotatable bonds is 2. The summed E-state index contributed by atoms with van der Waals surface area (Å²) in [6.07, 6.45) is 0.589. The molecule has 18 heavy (non-hydrogen) atoms. The first-order chi connectivity index (χ1) is 8.69. The van der Waals surface area contributed by atoms with Crippen LogP contribution in [0.4, 0.5) is 5.69 Å². The van der Waals surface area contributed by atoms with Crippen molar-refractivity contribution < 1.29 is 4.79 Å². The molecule has 1 atom stereocenters. The van der Waals surface area contributed by atoms with Crippen molar-refractivity contribution in [2.75, 3.05) is 17.2 Å². The normalized spacial score (nSPS) is 20.0. The summed E-state index contributed by atoms with van der Waals surface area (Å²) >= 11 is 7.67. The van der Waals surface area contributed by atoms with Gasteiger partial charge in [0, 0.05) is 24.0 Å². The van der Waals surface area contributed by atoms with E-state index >= 15 is 0 Å².